The van der Waals surface area contributed by atoms with Gasteiger partial charge in [-0.15, -0.1) is 0 Å². The van der Waals surface area contributed by atoms with Crippen LogP contribution >= 0.6 is 0 Å². The molecule has 21 heavy (non-hydrogen) atoms. The Bertz CT molecular complexity index is 714. The first-order valence-corrected chi connectivity index (χ1v) is 7.56. The number of pyridine rings is 1. The minimum atomic E-state index is -1.76. The second kappa shape index (κ2) is 5.22. The first-order valence-electron chi connectivity index (χ1n) is 8.56. The van der Waals surface area contributed by atoms with Gasteiger partial charge in [0, 0.05) is 29.7 Å². The molecule has 0 spiro atoms. The molecule has 2 aromatic heterocycles. The molecule has 5 nitrogen and oxygen atoms in total. The smallest absolute Gasteiger partial charge is 0.316 e. The molecule has 2 fully saturated rings. The van der Waals surface area contributed by atoms with E-state index in [0.29, 0.717) is 5.52 Å². The molecule has 0 atom stereocenters. The van der Waals surface area contributed by atoms with Crippen molar-refractivity contribution in [3.8, 4) is 6.01 Å². The molecule has 0 amide bonds. The molecule has 1 aliphatic heterocycles. The van der Waals surface area contributed by atoms with E-state index in [9.17, 15) is 0 Å². The maximum atomic E-state index is 8.42. The fourth-order valence-corrected chi connectivity index (χ4v) is 2.87. The van der Waals surface area contributed by atoms with Gasteiger partial charge in [-0.2, -0.15) is 4.98 Å². The second-order valence-electron chi connectivity index (χ2n) is 6.05. The van der Waals surface area contributed by atoms with Crippen LogP contribution in [-0.2, 0) is 0 Å². The predicted octanol–water partition coefficient (Wildman–Crippen LogP) is 2.28. The van der Waals surface area contributed by atoms with Crippen LogP contribution in [0.3, 0.4) is 0 Å². The van der Waals surface area contributed by atoms with Crippen molar-refractivity contribution in [3.05, 3.63) is 24.7 Å². The summed E-state index contributed by atoms with van der Waals surface area (Å²) in [5.41, 5.74) is 0.239. The molecule has 1 saturated carbocycles. The monoisotopic (exact) mass is 286 g/mol. The van der Waals surface area contributed by atoms with Gasteiger partial charge >= 0.3 is 6.01 Å². The highest BCUT2D eigenvalue weighted by Crippen LogP contribution is 2.46. The summed E-state index contributed by atoms with van der Waals surface area (Å²) in [5, 5.41) is 0.867. The zero-order valence-electron chi connectivity index (χ0n) is 14.0. The number of fused-ring (bicyclic) bond motifs is 1. The number of hydrogen-bond acceptors (Lipinski definition) is 5. The molecule has 4 rings (SSSR count). The lowest BCUT2D eigenvalue weighted by Gasteiger charge is -2.22. The standard InChI is InChI=1S/C16H20N4O/c1-2-8-20(7-1)11-16(4-5-16)12-21-15-18-9-13-3-6-17-10-14(13)19-15/h3,6,9-10H,1-2,4-5,7-8,11-12H2/i12D2. The molecule has 0 radical (unpaired) electrons. The Balaban J connectivity index is 1.53. The Morgan fingerprint density at radius 1 is 1.29 bits per heavy atom. The average Bonchev–Trinajstić information content (AvgIpc) is 3.15. The van der Waals surface area contributed by atoms with E-state index in [4.69, 9.17) is 7.48 Å². The molecule has 0 unspecified atom stereocenters. The lowest BCUT2D eigenvalue weighted by Crippen LogP contribution is -2.31. The lowest BCUT2D eigenvalue weighted by atomic mass is 10.1. The van der Waals surface area contributed by atoms with E-state index >= 15 is 0 Å². The SMILES string of the molecule is [2H]C([2H])(Oc1ncc2ccncc2n1)C1(CN2CCCC2)CC1. The van der Waals surface area contributed by atoms with Crippen molar-refractivity contribution in [3.63, 3.8) is 0 Å². The number of nitrogens with zero attached hydrogens (tertiary/aromatic N) is 4. The maximum Gasteiger partial charge on any atom is 0.316 e. The van der Waals surface area contributed by atoms with Crippen molar-refractivity contribution < 1.29 is 7.48 Å². The molecule has 0 N–H and O–H groups in total. The summed E-state index contributed by atoms with van der Waals surface area (Å²) in [5.74, 6) is 0. The molecular weight excluding hydrogens is 264 g/mol. The minimum absolute atomic E-state index is 0.0863. The number of hydrogen-bond donors (Lipinski definition) is 0. The Labute approximate surface area is 127 Å². The average molecular weight is 286 g/mol. The van der Waals surface area contributed by atoms with Gasteiger partial charge in [0.25, 0.3) is 0 Å². The van der Waals surface area contributed by atoms with Crippen molar-refractivity contribution in [1.82, 2.24) is 19.9 Å². The van der Waals surface area contributed by atoms with E-state index in [0.717, 1.165) is 37.9 Å². The quantitative estimate of drug-likeness (QED) is 0.844. The predicted molar refractivity (Wildman–Crippen MR) is 80.2 cm³/mol. The van der Waals surface area contributed by atoms with E-state index in [1.165, 1.54) is 12.8 Å². The van der Waals surface area contributed by atoms with Crippen LogP contribution in [0.5, 0.6) is 6.01 Å². The normalized spacial score (nSPS) is 22.9. The van der Waals surface area contributed by atoms with Gasteiger partial charge in [-0.05, 0) is 44.8 Å². The van der Waals surface area contributed by atoms with Crippen LogP contribution in [0, 0.1) is 5.41 Å². The largest absolute Gasteiger partial charge is 0.463 e. The van der Waals surface area contributed by atoms with Crippen molar-refractivity contribution >= 4 is 10.9 Å². The summed E-state index contributed by atoms with van der Waals surface area (Å²) in [6, 6.07) is 1.91. The molecule has 0 bridgehead atoms. The third kappa shape index (κ3) is 2.83. The Hall–Kier alpha value is -1.75. The van der Waals surface area contributed by atoms with Gasteiger partial charge in [0.1, 0.15) is 0 Å². The first kappa shape index (κ1) is 10.9. The molecule has 2 aromatic rings. The van der Waals surface area contributed by atoms with E-state index in [-0.39, 0.29) is 6.01 Å². The molecule has 1 saturated heterocycles. The Morgan fingerprint density at radius 3 is 2.95 bits per heavy atom. The second-order valence-corrected chi connectivity index (χ2v) is 6.05. The molecule has 5 heteroatoms. The van der Waals surface area contributed by atoms with Gasteiger partial charge < -0.3 is 9.64 Å². The van der Waals surface area contributed by atoms with Crippen LogP contribution < -0.4 is 4.74 Å². The van der Waals surface area contributed by atoms with Crippen LogP contribution in [0.15, 0.2) is 24.7 Å². The van der Waals surface area contributed by atoms with Crippen molar-refractivity contribution in [2.24, 2.45) is 5.41 Å². The van der Waals surface area contributed by atoms with E-state index in [1.807, 2.05) is 6.07 Å². The van der Waals surface area contributed by atoms with Crippen molar-refractivity contribution in [2.45, 2.75) is 25.7 Å². The summed E-state index contributed by atoms with van der Waals surface area (Å²) in [6.45, 7) is 1.13. The summed E-state index contributed by atoms with van der Waals surface area (Å²) in [4.78, 5) is 14.8. The highest BCUT2D eigenvalue weighted by molar-refractivity contribution is 5.76. The third-order valence-electron chi connectivity index (χ3n) is 4.30. The summed E-state index contributed by atoms with van der Waals surface area (Å²) < 4.78 is 22.5. The van der Waals surface area contributed by atoms with E-state index < -0.39 is 12.0 Å². The van der Waals surface area contributed by atoms with Crippen LogP contribution in [-0.4, -0.2) is 46.0 Å². The highest BCUT2D eigenvalue weighted by atomic mass is 16.5. The van der Waals surface area contributed by atoms with Gasteiger partial charge in [-0.1, -0.05) is 0 Å². The maximum absolute atomic E-state index is 8.42. The summed E-state index contributed by atoms with van der Waals surface area (Å²) in [6.07, 6.45) is 9.09. The number of aromatic nitrogens is 3. The van der Waals surface area contributed by atoms with Gasteiger partial charge in [0.05, 0.1) is 21.0 Å². The van der Waals surface area contributed by atoms with Gasteiger partial charge in [-0.25, -0.2) is 4.98 Å². The Kier molecular flexibility index (Phi) is 2.71. The number of likely N-dealkylation sites (tertiary alicyclic amines) is 1. The molecular formula is C16H20N4O. The highest BCUT2D eigenvalue weighted by Gasteiger charge is 2.45. The topological polar surface area (TPSA) is 51.1 Å². The fraction of sp³-hybridized carbons (Fsp3) is 0.562. The molecule has 110 valence electrons. The van der Waals surface area contributed by atoms with Crippen LogP contribution in [0.2, 0.25) is 0 Å². The lowest BCUT2D eigenvalue weighted by molar-refractivity contribution is 0.170. The number of ether oxygens (including phenoxy) is 1. The number of rotatable bonds is 5. The van der Waals surface area contributed by atoms with Gasteiger partial charge in [-0.3, -0.25) is 4.98 Å². The first-order chi connectivity index (χ1) is 11.1. The van der Waals surface area contributed by atoms with Crippen molar-refractivity contribution in [1.29, 1.82) is 0 Å². The Morgan fingerprint density at radius 2 is 2.14 bits per heavy atom. The van der Waals surface area contributed by atoms with Crippen LogP contribution in [0.4, 0.5) is 0 Å². The summed E-state index contributed by atoms with van der Waals surface area (Å²) in [7, 11) is 0. The minimum Gasteiger partial charge on any atom is -0.463 e. The van der Waals surface area contributed by atoms with Crippen LogP contribution in [0.25, 0.3) is 10.9 Å². The summed E-state index contributed by atoms with van der Waals surface area (Å²) >= 11 is 0. The van der Waals surface area contributed by atoms with Gasteiger partial charge in [0.2, 0.25) is 0 Å². The van der Waals surface area contributed by atoms with Crippen LogP contribution in [0.1, 0.15) is 28.4 Å². The van der Waals surface area contributed by atoms with Gasteiger partial charge in [0.15, 0.2) is 0 Å². The molecule has 3 heterocycles. The third-order valence-corrected chi connectivity index (χ3v) is 4.30. The molecule has 1 aliphatic carbocycles. The fourth-order valence-electron chi connectivity index (χ4n) is 2.87. The molecule has 2 aliphatic rings. The molecule has 0 aromatic carbocycles. The van der Waals surface area contributed by atoms with E-state index in [2.05, 4.69) is 19.9 Å². The van der Waals surface area contributed by atoms with Crippen molar-refractivity contribution in [2.75, 3.05) is 26.2 Å². The zero-order chi connectivity index (χ0) is 15.9. The zero-order valence-corrected chi connectivity index (χ0v) is 12.0. The van der Waals surface area contributed by atoms with E-state index in [1.54, 1.807) is 18.6 Å².